The third-order valence-electron chi connectivity index (χ3n) is 7.11. The van der Waals surface area contributed by atoms with Gasteiger partial charge in [-0.3, -0.25) is 4.79 Å². The zero-order valence-corrected chi connectivity index (χ0v) is 21.1. The maximum atomic E-state index is 12.8. The number of benzene rings is 2. The average Bonchev–Trinajstić information content (AvgIpc) is 3.05. The zero-order chi connectivity index (χ0) is 25.4. The van der Waals surface area contributed by atoms with Gasteiger partial charge in [0.1, 0.15) is 0 Å². The van der Waals surface area contributed by atoms with E-state index in [1.807, 2.05) is 24.3 Å². The number of carbonyl (C=O) groups is 1. The van der Waals surface area contributed by atoms with Gasteiger partial charge in [-0.2, -0.15) is 13.2 Å². The summed E-state index contributed by atoms with van der Waals surface area (Å²) in [5, 5.41) is 3.58. The fraction of sp³-hybridized carbons (Fsp3) is 0.458. The summed E-state index contributed by atoms with van der Waals surface area (Å²) in [4.78, 5) is 12.6. The molecule has 0 aromatic heterocycles. The fourth-order valence-electron chi connectivity index (χ4n) is 5.51. The number of amides is 1. The molecule has 1 aliphatic carbocycles. The summed E-state index contributed by atoms with van der Waals surface area (Å²) >= 11 is 12.0. The number of nitrogens with zero attached hydrogens (tertiary/aromatic N) is 1. The summed E-state index contributed by atoms with van der Waals surface area (Å²) in [6, 6.07) is 12.6. The lowest BCUT2D eigenvalue weighted by Gasteiger charge is -2.43. The smallest absolute Gasteiger partial charge is 0.352 e. The van der Waals surface area contributed by atoms with Gasteiger partial charge < -0.3 is 5.32 Å². The molecule has 4 rings (SSSR count). The van der Waals surface area contributed by atoms with Crippen molar-refractivity contribution in [3.63, 3.8) is 0 Å². The minimum Gasteiger partial charge on any atom is -0.352 e. The molecule has 1 atom stereocenters. The Bertz CT molecular complexity index is 1210. The van der Waals surface area contributed by atoms with Gasteiger partial charge in [-0.15, -0.1) is 0 Å². The molecule has 0 bridgehead atoms. The van der Waals surface area contributed by atoms with Crippen molar-refractivity contribution >= 4 is 39.1 Å². The zero-order valence-electron chi connectivity index (χ0n) is 18.7. The lowest BCUT2D eigenvalue weighted by Crippen LogP contribution is -2.49. The van der Waals surface area contributed by atoms with Crippen molar-refractivity contribution in [3.05, 3.63) is 69.2 Å². The van der Waals surface area contributed by atoms with E-state index in [1.165, 1.54) is 6.07 Å². The van der Waals surface area contributed by atoms with Gasteiger partial charge in [0.15, 0.2) is 5.75 Å². The largest absolute Gasteiger partial charge is 0.404 e. The van der Waals surface area contributed by atoms with Crippen LogP contribution in [0.1, 0.15) is 40.7 Å². The van der Waals surface area contributed by atoms with Crippen LogP contribution in [0.15, 0.2) is 42.5 Å². The van der Waals surface area contributed by atoms with Crippen LogP contribution in [0, 0.1) is 5.92 Å². The van der Waals surface area contributed by atoms with Crippen molar-refractivity contribution < 1.29 is 26.4 Å². The first kappa shape index (κ1) is 26.3. The molecular formula is C24H25Cl2F3N2O3S. The number of halogens is 5. The van der Waals surface area contributed by atoms with Crippen molar-refractivity contribution in [1.29, 1.82) is 0 Å². The molecule has 1 spiro atoms. The van der Waals surface area contributed by atoms with E-state index in [4.69, 9.17) is 23.2 Å². The maximum absolute atomic E-state index is 12.8. The first-order valence-corrected chi connectivity index (χ1v) is 13.6. The summed E-state index contributed by atoms with van der Waals surface area (Å²) in [5.74, 6) is -2.04. The van der Waals surface area contributed by atoms with Crippen LogP contribution in [0.5, 0.6) is 0 Å². The van der Waals surface area contributed by atoms with E-state index in [2.05, 4.69) is 5.32 Å². The minimum atomic E-state index is -4.78. The molecule has 1 heterocycles. The topological polar surface area (TPSA) is 66.5 Å². The normalized spacial score (nSPS) is 20.1. The van der Waals surface area contributed by atoms with Crippen molar-refractivity contribution in [2.24, 2.45) is 5.92 Å². The predicted molar refractivity (Wildman–Crippen MR) is 129 cm³/mol. The van der Waals surface area contributed by atoms with Crippen LogP contribution in [-0.2, 0) is 21.9 Å². The van der Waals surface area contributed by atoms with Crippen LogP contribution in [0.2, 0.25) is 10.0 Å². The van der Waals surface area contributed by atoms with Gasteiger partial charge in [0, 0.05) is 30.1 Å². The summed E-state index contributed by atoms with van der Waals surface area (Å²) in [6.45, 7) is 0.459. The maximum Gasteiger partial charge on any atom is 0.404 e. The van der Waals surface area contributed by atoms with E-state index in [9.17, 15) is 26.4 Å². The van der Waals surface area contributed by atoms with Gasteiger partial charge in [0.2, 0.25) is 10.0 Å². The molecule has 1 saturated heterocycles. The van der Waals surface area contributed by atoms with Crippen LogP contribution in [0.4, 0.5) is 13.2 Å². The molecule has 190 valence electrons. The Labute approximate surface area is 212 Å². The van der Waals surface area contributed by atoms with Crippen LogP contribution >= 0.6 is 23.2 Å². The molecule has 2 aromatic carbocycles. The standard InChI is InChI=1S/C24H25Cl2F3N2O3S/c25-18-5-6-19(21(26)14-18)22(32)30-10-7-17-13-16-3-1-2-4-20(16)23(17)8-11-31(12-9-23)35(33,34)15-24(27,28)29/h1-6,14,17H,7-13,15H2,(H,30,32). The van der Waals surface area contributed by atoms with Gasteiger partial charge in [-0.05, 0) is 60.9 Å². The molecule has 35 heavy (non-hydrogen) atoms. The Morgan fingerprint density at radius 3 is 2.46 bits per heavy atom. The molecule has 1 aliphatic heterocycles. The van der Waals surface area contributed by atoms with Gasteiger partial charge in [0.25, 0.3) is 5.91 Å². The molecule has 0 radical (unpaired) electrons. The first-order chi connectivity index (χ1) is 16.4. The summed E-state index contributed by atoms with van der Waals surface area (Å²) in [5.41, 5.74) is 2.27. The van der Waals surface area contributed by atoms with Crippen molar-refractivity contribution in [1.82, 2.24) is 9.62 Å². The summed E-state index contributed by atoms with van der Waals surface area (Å²) in [6.07, 6.45) is -2.50. The van der Waals surface area contributed by atoms with Crippen LogP contribution < -0.4 is 5.32 Å². The van der Waals surface area contributed by atoms with Crippen LogP contribution in [0.25, 0.3) is 0 Å². The Morgan fingerprint density at radius 1 is 1.11 bits per heavy atom. The average molecular weight is 549 g/mol. The highest BCUT2D eigenvalue weighted by Crippen LogP contribution is 2.51. The van der Waals surface area contributed by atoms with Crippen molar-refractivity contribution in [3.8, 4) is 0 Å². The lowest BCUT2D eigenvalue weighted by atomic mass is 9.67. The number of fused-ring (bicyclic) bond motifs is 2. The van der Waals surface area contributed by atoms with Gasteiger partial charge in [-0.25, -0.2) is 12.7 Å². The lowest BCUT2D eigenvalue weighted by molar-refractivity contribution is -0.107. The highest BCUT2D eigenvalue weighted by molar-refractivity contribution is 7.89. The fourth-order valence-corrected chi connectivity index (χ4v) is 7.34. The second kappa shape index (κ2) is 9.92. The molecule has 1 fully saturated rings. The van der Waals surface area contributed by atoms with Gasteiger partial charge >= 0.3 is 6.18 Å². The van der Waals surface area contributed by atoms with E-state index in [0.29, 0.717) is 36.4 Å². The van der Waals surface area contributed by atoms with E-state index in [0.717, 1.165) is 21.9 Å². The van der Waals surface area contributed by atoms with Crippen molar-refractivity contribution in [2.45, 2.75) is 37.3 Å². The van der Waals surface area contributed by atoms with Crippen LogP contribution in [0.3, 0.4) is 0 Å². The van der Waals surface area contributed by atoms with Crippen molar-refractivity contribution in [2.75, 3.05) is 25.4 Å². The number of alkyl halides is 3. The van der Waals surface area contributed by atoms with E-state index in [-0.39, 0.29) is 35.4 Å². The highest BCUT2D eigenvalue weighted by Gasteiger charge is 2.50. The number of sulfonamides is 1. The van der Waals surface area contributed by atoms with E-state index in [1.54, 1.807) is 12.1 Å². The quantitative estimate of drug-likeness (QED) is 0.538. The molecular weight excluding hydrogens is 524 g/mol. The Hall–Kier alpha value is -1.81. The molecule has 1 N–H and O–H groups in total. The number of nitrogens with one attached hydrogen (secondary N) is 1. The summed E-state index contributed by atoms with van der Waals surface area (Å²) < 4.78 is 63.9. The number of hydrogen-bond donors (Lipinski definition) is 1. The Balaban J connectivity index is 1.46. The third-order valence-corrected chi connectivity index (χ3v) is 9.50. The minimum absolute atomic E-state index is 0.0377. The molecule has 0 saturated carbocycles. The van der Waals surface area contributed by atoms with Crippen LogP contribution in [-0.4, -0.2) is 50.2 Å². The highest BCUT2D eigenvalue weighted by atomic mass is 35.5. The predicted octanol–water partition coefficient (Wildman–Crippen LogP) is 5.21. The summed E-state index contributed by atoms with van der Waals surface area (Å²) in [7, 11) is -4.42. The number of rotatable bonds is 6. The Kier molecular flexibility index (Phi) is 7.44. The monoisotopic (exact) mass is 548 g/mol. The number of carbonyl (C=O) groups excluding carboxylic acids is 1. The Morgan fingerprint density at radius 2 is 1.80 bits per heavy atom. The van der Waals surface area contributed by atoms with E-state index < -0.39 is 22.0 Å². The molecule has 2 aromatic rings. The molecule has 2 aliphatic rings. The van der Waals surface area contributed by atoms with E-state index >= 15 is 0 Å². The third kappa shape index (κ3) is 5.63. The molecule has 1 unspecified atom stereocenters. The van der Waals surface area contributed by atoms with Gasteiger partial charge in [-0.1, -0.05) is 47.5 Å². The molecule has 11 heteroatoms. The first-order valence-electron chi connectivity index (χ1n) is 11.3. The SMILES string of the molecule is O=C(NCCC1Cc2ccccc2C12CCN(S(=O)(=O)CC(F)(F)F)CC2)c1ccc(Cl)cc1Cl. The second-order valence-corrected chi connectivity index (χ2v) is 12.0. The van der Waals surface area contributed by atoms with Gasteiger partial charge in [0.05, 0.1) is 10.6 Å². The molecule has 1 amide bonds. The molecule has 5 nitrogen and oxygen atoms in total. The number of piperidine rings is 1. The second-order valence-electron chi connectivity index (χ2n) is 9.15. The number of hydrogen-bond acceptors (Lipinski definition) is 3.